The molecule has 0 rings (SSSR count). The Morgan fingerprint density at radius 2 is 2.10 bits per heavy atom. The van der Waals surface area contributed by atoms with Crippen molar-refractivity contribution < 1.29 is 4.74 Å². The van der Waals surface area contributed by atoms with Gasteiger partial charge in [-0.15, -0.1) is 0 Å². The van der Waals surface area contributed by atoms with Crippen LogP contribution in [0.4, 0.5) is 0 Å². The summed E-state index contributed by atoms with van der Waals surface area (Å²) >= 11 is 4.58. The first-order valence-electron chi connectivity index (χ1n) is 3.83. The van der Waals surface area contributed by atoms with E-state index in [4.69, 9.17) is 4.74 Å². The van der Waals surface area contributed by atoms with E-state index in [-0.39, 0.29) is 0 Å². The first kappa shape index (κ1) is 10.5. The minimum Gasteiger partial charge on any atom is -0.385 e. The standard InChI is InChI=1S/C7H18OSSi/c1-3-4-7(9,10)5-6-8-2/h9H,3-6H2,1-2,10H3. The Morgan fingerprint density at radius 3 is 2.50 bits per heavy atom. The van der Waals surface area contributed by atoms with Gasteiger partial charge >= 0.3 is 0 Å². The topological polar surface area (TPSA) is 9.23 Å². The molecule has 1 nitrogen and oxygen atoms in total. The maximum Gasteiger partial charge on any atom is 0.0472 e. The molecule has 10 heavy (non-hydrogen) atoms. The van der Waals surface area contributed by atoms with Crippen LogP contribution in [0.25, 0.3) is 0 Å². The summed E-state index contributed by atoms with van der Waals surface area (Å²) in [6, 6.07) is 0. The summed E-state index contributed by atoms with van der Waals surface area (Å²) in [6.07, 6.45) is 3.56. The Labute approximate surface area is 72.4 Å². The number of hydrogen-bond donors (Lipinski definition) is 1. The third-order valence-corrected chi connectivity index (χ3v) is 3.08. The van der Waals surface area contributed by atoms with Crippen molar-refractivity contribution in [2.45, 2.75) is 30.6 Å². The molecule has 0 fully saturated rings. The van der Waals surface area contributed by atoms with Gasteiger partial charge in [-0.2, -0.15) is 12.6 Å². The molecule has 0 aliphatic carbocycles. The molecule has 0 aliphatic heterocycles. The van der Waals surface area contributed by atoms with Crippen LogP contribution < -0.4 is 0 Å². The zero-order valence-corrected chi connectivity index (χ0v) is 10.1. The predicted octanol–water partition coefficient (Wildman–Crippen LogP) is 0.815. The molecule has 0 saturated heterocycles. The van der Waals surface area contributed by atoms with Gasteiger partial charge < -0.3 is 4.74 Å². The molecule has 0 heterocycles. The molecule has 0 saturated carbocycles. The van der Waals surface area contributed by atoms with Gasteiger partial charge in [0.2, 0.25) is 0 Å². The van der Waals surface area contributed by atoms with E-state index in [0.29, 0.717) is 4.37 Å². The molecular formula is C7H18OSSi. The third kappa shape index (κ3) is 5.32. The zero-order chi connectivity index (χ0) is 8.04. The van der Waals surface area contributed by atoms with Crippen molar-refractivity contribution in [2.24, 2.45) is 0 Å². The van der Waals surface area contributed by atoms with Crippen molar-refractivity contribution in [1.82, 2.24) is 0 Å². The molecule has 1 atom stereocenters. The van der Waals surface area contributed by atoms with Gasteiger partial charge in [0, 0.05) is 24.0 Å². The van der Waals surface area contributed by atoms with Gasteiger partial charge in [0.25, 0.3) is 0 Å². The summed E-state index contributed by atoms with van der Waals surface area (Å²) in [7, 11) is 2.90. The average Bonchev–Trinajstić information content (AvgIpc) is 1.84. The zero-order valence-electron chi connectivity index (χ0n) is 7.18. The molecule has 0 aromatic heterocycles. The highest BCUT2D eigenvalue weighted by molar-refractivity contribution is 7.83. The maximum atomic E-state index is 5.00. The first-order chi connectivity index (χ1) is 4.62. The lowest BCUT2D eigenvalue weighted by Crippen LogP contribution is -2.23. The normalized spacial score (nSPS) is 17.1. The summed E-state index contributed by atoms with van der Waals surface area (Å²) in [5.74, 6) is 0. The molecule has 0 aromatic carbocycles. The molecule has 0 N–H and O–H groups in total. The molecule has 0 aromatic rings. The Balaban J connectivity index is 3.42. The van der Waals surface area contributed by atoms with Crippen LogP contribution in [0.15, 0.2) is 0 Å². The minimum atomic E-state index is 0.310. The SMILES string of the molecule is CCCC([SiH3])(S)CCOC. The molecule has 0 radical (unpaired) electrons. The number of hydrogen-bond acceptors (Lipinski definition) is 2. The lowest BCUT2D eigenvalue weighted by atomic mass is 10.2. The van der Waals surface area contributed by atoms with Crippen molar-refractivity contribution in [3.05, 3.63) is 0 Å². The third-order valence-electron chi connectivity index (χ3n) is 1.63. The lowest BCUT2D eigenvalue weighted by molar-refractivity contribution is 0.190. The molecule has 0 bridgehead atoms. The molecule has 62 valence electrons. The summed E-state index contributed by atoms with van der Waals surface area (Å²) in [6.45, 7) is 3.06. The van der Waals surface area contributed by atoms with Crippen LogP contribution in [0, 0.1) is 0 Å². The Morgan fingerprint density at radius 1 is 1.50 bits per heavy atom. The molecular weight excluding hydrogens is 160 g/mol. The fourth-order valence-electron chi connectivity index (χ4n) is 0.986. The monoisotopic (exact) mass is 178 g/mol. The minimum absolute atomic E-state index is 0.310. The van der Waals surface area contributed by atoms with Crippen LogP contribution in [0.1, 0.15) is 26.2 Å². The summed E-state index contributed by atoms with van der Waals surface area (Å²) < 4.78 is 5.31. The van der Waals surface area contributed by atoms with E-state index in [1.165, 1.54) is 12.8 Å². The van der Waals surface area contributed by atoms with E-state index >= 15 is 0 Å². The van der Waals surface area contributed by atoms with Crippen LogP contribution in [0.5, 0.6) is 0 Å². The second kappa shape index (κ2) is 5.21. The van der Waals surface area contributed by atoms with Gasteiger partial charge in [-0.25, -0.2) is 0 Å². The molecule has 0 spiro atoms. The Bertz CT molecular complexity index is 85.7. The number of methoxy groups -OCH3 is 1. The summed E-state index contributed by atoms with van der Waals surface area (Å²) in [5.41, 5.74) is 0. The van der Waals surface area contributed by atoms with Gasteiger partial charge in [0.05, 0.1) is 0 Å². The van der Waals surface area contributed by atoms with E-state index in [2.05, 4.69) is 19.6 Å². The smallest absolute Gasteiger partial charge is 0.0472 e. The van der Waals surface area contributed by atoms with E-state index < -0.39 is 0 Å². The highest BCUT2D eigenvalue weighted by atomic mass is 32.1. The van der Waals surface area contributed by atoms with Gasteiger partial charge in [0.15, 0.2) is 0 Å². The van der Waals surface area contributed by atoms with E-state index in [1.807, 2.05) is 0 Å². The number of thiol groups is 1. The van der Waals surface area contributed by atoms with Gasteiger partial charge in [-0.05, 0) is 17.2 Å². The summed E-state index contributed by atoms with van der Waals surface area (Å²) in [5, 5.41) is 0. The van der Waals surface area contributed by atoms with E-state index in [0.717, 1.165) is 23.3 Å². The van der Waals surface area contributed by atoms with Crippen molar-refractivity contribution in [3.63, 3.8) is 0 Å². The fourth-order valence-corrected chi connectivity index (χ4v) is 2.00. The van der Waals surface area contributed by atoms with Crippen molar-refractivity contribution in [3.8, 4) is 0 Å². The number of rotatable bonds is 5. The first-order valence-corrected chi connectivity index (χ1v) is 5.28. The van der Waals surface area contributed by atoms with Crippen molar-refractivity contribution >= 4 is 22.9 Å². The van der Waals surface area contributed by atoms with Gasteiger partial charge in [-0.3, -0.25) is 0 Å². The fraction of sp³-hybridized carbons (Fsp3) is 1.00. The Kier molecular flexibility index (Phi) is 5.49. The van der Waals surface area contributed by atoms with Crippen LogP contribution >= 0.6 is 12.6 Å². The van der Waals surface area contributed by atoms with Crippen LogP contribution in [-0.4, -0.2) is 28.3 Å². The summed E-state index contributed by atoms with van der Waals surface area (Å²) in [4.78, 5) is 0. The highest BCUT2D eigenvalue weighted by Crippen LogP contribution is 2.20. The quantitative estimate of drug-likeness (QED) is 0.484. The molecule has 0 amide bonds. The Hall–Kier alpha value is 0.527. The predicted molar refractivity (Wildman–Crippen MR) is 53.1 cm³/mol. The largest absolute Gasteiger partial charge is 0.385 e. The molecule has 3 heteroatoms. The van der Waals surface area contributed by atoms with E-state index in [1.54, 1.807) is 7.11 Å². The second-order valence-electron chi connectivity index (χ2n) is 2.99. The maximum absolute atomic E-state index is 5.00. The molecule has 0 aliphatic rings. The highest BCUT2D eigenvalue weighted by Gasteiger charge is 2.16. The van der Waals surface area contributed by atoms with Crippen molar-refractivity contribution in [2.75, 3.05) is 13.7 Å². The second-order valence-corrected chi connectivity index (χ2v) is 6.83. The van der Waals surface area contributed by atoms with Gasteiger partial charge in [-0.1, -0.05) is 13.3 Å². The molecule has 1 unspecified atom stereocenters. The average molecular weight is 178 g/mol. The lowest BCUT2D eigenvalue weighted by Gasteiger charge is -2.21. The van der Waals surface area contributed by atoms with Crippen molar-refractivity contribution in [1.29, 1.82) is 0 Å². The van der Waals surface area contributed by atoms with Gasteiger partial charge in [0.1, 0.15) is 0 Å². The number of ether oxygens (including phenoxy) is 1. The van der Waals surface area contributed by atoms with Crippen LogP contribution in [0.2, 0.25) is 0 Å². The van der Waals surface area contributed by atoms with Crippen LogP contribution in [-0.2, 0) is 4.74 Å². The van der Waals surface area contributed by atoms with E-state index in [9.17, 15) is 0 Å². The van der Waals surface area contributed by atoms with Crippen LogP contribution in [0.3, 0.4) is 0 Å².